The maximum absolute atomic E-state index is 12.7. The van der Waals surface area contributed by atoms with Gasteiger partial charge >= 0.3 is 6.18 Å². The van der Waals surface area contributed by atoms with Crippen LogP contribution in [0.4, 0.5) is 18.9 Å². The van der Waals surface area contributed by atoms with Crippen LogP contribution in [-0.2, 0) is 6.18 Å². The fraction of sp³-hybridized carbons (Fsp3) is 0.417. The molecule has 2 rings (SSSR count). The van der Waals surface area contributed by atoms with Crippen LogP contribution in [0.2, 0.25) is 0 Å². The van der Waals surface area contributed by atoms with Crippen molar-refractivity contribution in [3.63, 3.8) is 0 Å². The molecule has 1 aliphatic rings. The van der Waals surface area contributed by atoms with Crippen molar-refractivity contribution in [1.82, 2.24) is 0 Å². The molecule has 0 aromatic heterocycles. The Balaban J connectivity index is 2.46. The van der Waals surface area contributed by atoms with Crippen molar-refractivity contribution >= 4 is 11.5 Å². The molecule has 0 aliphatic carbocycles. The monoisotopic (exact) mass is 305 g/mol. The second-order valence-corrected chi connectivity index (χ2v) is 4.75. The maximum atomic E-state index is 12.7. The molecule has 1 aromatic rings. The molecule has 0 bridgehead atoms. The largest absolute Gasteiger partial charge is 0.416 e. The number of hydrogen-bond acceptors (Lipinski definition) is 5. The summed E-state index contributed by atoms with van der Waals surface area (Å²) >= 11 is 0. The summed E-state index contributed by atoms with van der Waals surface area (Å²) < 4.78 is 38.2. The van der Waals surface area contributed by atoms with Gasteiger partial charge in [-0.1, -0.05) is 5.16 Å². The first kappa shape index (κ1) is 15.4. The normalized spacial score (nSPS) is 23.7. The second kappa shape index (κ2) is 5.41. The standard InChI is InChI=1S/C12H14F3N3O3/c13-12(14,15)6-1-2-8(7(3-6)11(16)17-21)18-4-9(19)10(20)5-18/h1-3,9-10,19-21H,4-5H2,(H2,16,17). The van der Waals surface area contributed by atoms with E-state index in [9.17, 15) is 23.4 Å². The average Bonchev–Trinajstić information content (AvgIpc) is 2.76. The number of aliphatic hydroxyl groups is 2. The highest BCUT2D eigenvalue weighted by Crippen LogP contribution is 2.33. The zero-order valence-electron chi connectivity index (χ0n) is 10.7. The molecule has 2 atom stereocenters. The summed E-state index contributed by atoms with van der Waals surface area (Å²) in [7, 11) is 0. The van der Waals surface area contributed by atoms with E-state index in [1.807, 2.05) is 0 Å². The van der Waals surface area contributed by atoms with Crippen molar-refractivity contribution in [3.8, 4) is 0 Å². The number of oxime groups is 1. The van der Waals surface area contributed by atoms with Crippen molar-refractivity contribution in [2.45, 2.75) is 18.4 Å². The van der Waals surface area contributed by atoms with Crippen molar-refractivity contribution in [3.05, 3.63) is 29.3 Å². The third-order valence-electron chi connectivity index (χ3n) is 3.31. The molecule has 9 heteroatoms. The SMILES string of the molecule is N/C(=N/O)c1cc(C(F)(F)F)ccc1N1CC(O)C(O)C1. The topological polar surface area (TPSA) is 102 Å². The summed E-state index contributed by atoms with van der Waals surface area (Å²) in [6.45, 7) is 0.0798. The van der Waals surface area contributed by atoms with E-state index in [0.717, 1.165) is 12.1 Å². The first-order valence-corrected chi connectivity index (χ1v) is 6.04. The van der Waals surface area contributed by atoms with Crippen LogP contribution in [0.5, 0.6) is 0 Å². The van der Waals surface area contributed by atoms with E-state index in [4.69, 9.17) is 10.9 Å². The van der Waals surface area contributed by atoms with Crippen LogP contribution in [0, 0.1) is 0 Å². The minimum atomic E-state index is -4.56. The average molecular weight is 305 g/mol. The van der Waals surface area contributed by atoms with Crippen LogP contribution in [0.25, 0.3) is 0 Å². The number of amidine groups is 1. The highest BCUT2D eigenvalue weighted by atomic mass is 19.4. The van der Waals surface area contributed by atoms with E-state index in [-0.39, 0.29) is 24.3 Å². The van der Waals surface area contributed by atoms with E-state index in [0.29, 0.717) is 0 Å². The van der Waals surface area contributed by atoms with Crippen LogP contribution in [0.3, 0.4) is 0 Å². The van der Waals surface area contributed by atoms with E-state index in [1.165, 1.54) is 11.0 Å². The Morgan fingerprint density at radius 3 is 2.29 bits per heavy atom. The maximum Gasteiger partial charge on any atom is 0.416 e. The zero-order chi connectivity index (χ0) is 15.8. The van der Waals surface area contributed by atoms with Crippen LogP contribution in [0.15, 0.2) is 23.4 Å². The van der Waals surface area contributed by atoms with Gasteiger partial charge in [-0.3, -0.25) is 0 Å². The summed E-state index contributed by atoms with van der Waals surface area (Å²) in [5.41, 5.74) is 4.62. The van der Waals surface area contributed by atoms with Crippen molar-refractivity contribution in [2.24, 2.45) is 10.9 Å². The van der Waals surface area contributed by atoms with Gasteiger partial charge in [-0.15, -0.1) is 0 Å². The van der Waals surface area contributed by atoms with Gasteiger partial charge in [0.1, 0.15) is 0 Å². The molecule has 2 unspecified atom stereocenters. The minimum Gasteiger partial charge on any atom is -0.409 e. The van der Waals surface area contributed by atoms with E-state index >= 15 is 0 Å². The zero-order valence-corrected chi connectivity index (χ0v) is 10.7. The summed E-state index contributed by atoms with van der Waals surface area (Å²) in [5.74, 6) is -0.480. The smallest absolute Gasteiger partial charge is 0.409 e. The Labute approximate surface area is 117 Å². The van der Waals surface area contributed by atoms with Gasteiger partial charge in [-0.05, 0) is 18.2 Å². The quantitative estimate of drug-likeness (QED) is 0.273. The molecule has 1 aromatic carbocycles. The lowest BCUT2D eigenvalue weighted by Crippen LogP contribution is -2.26. The van der Waals surface area contributed by atoms with Crippen LogP contribution < -0.4 is 10.6 Å². The van der Waals surface area contributed by atoms with Crippen molar-refractivity contribution in [1.29, 1.82) is 0 Å². The number of anilines is 1. The van der Waals surface area contributed by atoms with Gasteiger partial charge in [-0.25, -0.2) is 0 Å². The molecule has 1 saturated heterocycles. The van der Waals surface area contributed by atoms with Crippen molar-refractivity contribution < 1.29 is 28.6 Å². The fourth-order valence-corrected chi connectivity index (χ4v) is 2.21. The van der Waals surface area contributed by atoms with Gasteiger partial charge in [0, 0.05) is 24.3 Å². The Kier molecular flexibility index (Phi) is 3.97. The van der Waals surface area contributed by atoms with Crippen LogP contribution in [-0.4, -0.2) is 46.6 Å². The van der Waals surface area contributed by atoms with Crippen molar-refractivity contribution in [2.75, 3.05) is 18.0 Å². The van der Waals surface area contributed by atoms with Gasteiger partial charge in [0.15, 0.2) is 5.84 Å². The Morgan fingerprint density at radius 2 is 1.81 bits per heavy atom. The molecule has 0 radical (unpaired) electrons. The molecule has 0 spiro atoms. The van der Waals surface area contributed by atoms with E-state index < -0.39 is 29.8 Å². The molecule has 6 nitrogen and oxygen atoms in total. The minimum absolute atomic E-state index is 0.0399. The number of rotatable bonds is 2. The summed E-state index contributed by atoms with van der Waals surface area (Å²) in [6, 6.07) is 2.79. The van der Waals surface area contributed by atoms with E-state index in [1.54, 1.807) is 0 Å². The lowest BCUT2D eigenvalue weighted by Gasteiger charge is -2.22. The molecule has 21 heavy (non-hydrogen) atoms. The number of aliphatic hydroxyl groups excluding tert-OH is 2. The molecular weight excluding hydrogens is 291 g/mol. The number of halogens is 3. The first-order valence-electron chi connectivity index (χ1n) is 6.04. The van der Waals surface area contributed by atoms with Gasteiger partial charge in [0.05, 0.1) is 17.8 Å². The van der Waals surface area contributed by atoms with E-state index in [2.05, 4.69) is 5.16 Å². The molecule has 1 aliphatic heterocycles. The lowest BCUT2D eigenvalue weighted by atomic mass is 10.1. The van der Waals surface area contributed by atoms with Gasteiger partial charge in [-0.2, -0.15) is 13.2 Å². The van der Waals surface area contributed by atoms with Gasteiger partial charge < -0.3 is 26.1 Å². The molecule has 0 saturated carbocycles. The van der Waals surface area contributed by atoms with Crippen LogP contribution >= 0.6 is 0 Å². The molecule has 1 fully saturated rings. The fourth-order valence-electron chi connectivity index (χ4n) is 2.21. The number of nitrogens with zero attached hydrogens (tertiary/aromatic N) is 2. The summed E-state index contributed by atoms with van der Waals surface area (Å²) in [5, 5.41) is 30.5. The van der Waals surface area contributed by atoms with Gasteiger partial charge in [0.25, 0.3) is 0 Å². The molecule has 1 heterocycles. The molecule has 0 amide bonds. The summed E-state index contributed by atoms with van der Waals surface area (Å²) in [4.78, 5) is 1.48. The van der Waals surface area contributed by atoms with Gasteiger partial charge in [0.2, 0.25) is 0 Å². The third kappa shape index (κ3) is 3.03. The number of benzene rings is 1. The highest BCUT2D eigenvalue weighted by Gasteiger charge is 2.34. The first-order chi connectivity index (χ1) is 9.74. The number of nitrogens with two attached hydrogens (primary N) is 1. The Hall–Kier alpha value is -2.00. The Morgan fingerprint density at radius 1 is 1.24 bits per heavy atom. The predicted molar refractivity (Wildman–Crippen MR) is 68.2 cm³/mol. The second-order valence-electron chi connectivity index (χ2n) is 4.75. The molecular formula is C12H14F3N3O3. The Bertz CT molecular complexity index is 552. The number of β-amino-alcohol motifs (C(OH)–C–C–N with tert-alkyl or cyclic N) is 2. The number of hydrogen-bond donors (Lipinski definition) is 4. The third-order valence-corrected chi connectivity index (χ3v) is 3.31. The number of alkyl halides is 3. The summed E-state index contributed by atoms with van der Waals surface area (Å²) in [6.07, 6.45) is -6.58. The predicted octanol–water partition coefficient (Wildman–Crippen LogP) is 0.342. The highest BCUT2D eigenvalue weighted by molar-refractivity contribution is 6.02. The molecule has 5 N–H and O–H groups in total. The van der Waals surface area contributed by atoms with Crippen LogP contribution in [0.1, 0.15) is 11.1 Å². The molecule has 116 valence electrons. The lowest BCUT2D eigenvalue weighted by molar-refractivity contribution is -0.137.